The van der Waals surface area contributed by atoms with Crippen LogP contribution in [0.5, 0.6) is 5.75 Å². The molecular weight excluding hydrogens is 278 g/mol. The molecule has 1 aromatic carbocycles. The molecule has 0 saturated carbocycles. The van der Waals surface area contributed by atoms with Crippen LogP contribution in [-0.4, -0.2) is 17.5 Å². The highest BCUT2D eigenvalue weighted by atomic mass is 35.5. The number of ether oxygens (including phenoxy) is 1. The van der Waals surface area contributed by atoms with E-state index in [2.05, 4.69) is 10.3 Å². The standard InChI is InChI=1S/C14H14ClN3O2/c1-9-12(6-7-13(16)17-9)18-14(19)8-20-11-4-2-10(15)3-5-11/h2-7H,8H2,1H3,(H2,16,17)(H,18,19). The van der Waals surface area contributed by atoms with Gasteiger partial charge in [0.1, 0.15) is 11.6 Å². The number of halogens is 1. The second kappa shape index (κ2) is 6.25. The Morgan fingerprint density at radius 3 is 2.65 bits per heavy atom. The van der Waals surface area contributed by atoms with Crippen LogP contribution in [0.15, 0.2) is 36.4 Å². The summed E-state index contributed by atoms with van der Waals surface area (Å²) >= 11 is 5.76. The Bertz CT molecular complexity index is 614. The molecule has 3 N–H and O–H groups in total. The number of pyridine rings is 1. The van der Waals surface area contributed by atoms with Crippen LogP contribution in [0.25, 0.3) is 0 Å². The first-order valence-electron chi connectivity index (χ1n) is 5.96. The lowest BCUT2D eigenvalue weighted by Gasteiger charge is -2.09. The van der Waals surface area contributed by atoms with Gasteiger partial charge in [0.05, 0.1) is 11.4 Å². The summed E-state index contributed by atoms with van der Waals surface area (Å²) in [5.41, 5.74) is 6.82. The lowest BCUT2D eigenvalue weighted by molar-refractivity contribution is -0.118. The quantitative estimate of drug-likeness (QED) is 0.908. The number of carbonyl (C=O) groups excluding carboxylic acids is 1. The smallest absolute Gasteiger partial charge is 0.262 e. The normalized spacial score (nSPS) is 10.1. The van der Waals surface area contributed by atoms with Gasteiger partial charge in [0, 0.05) is 5.02 Å². The molecule has 2 rings (SSSR count). The van der Waals surface area contributed by atoms with Crippen molar-refractivity contribution in [3.05, 3.63) is 47.1 Å². The molecule has 6 heteroatoms. The molecule has 0 radical (unpaired) electrons. The number of nitrogen functional groups attached to an aromatic ring is 1. The van der Waals surface area contributed by atoms with Crippen molar-refractivity contribution in [1.82, 2.24) is 4.98 Å². The van der Waals surface area contributed by atoms with E-state index in [0.717, 1.165) is 0 Å². The molecular formula is C14H14ClN3O2. The number of nitrogens with two attached hydrogens (primary N) is 1. The highest BCUT2D eigenvalue weighted by Crippen LogP contribution is 2.16. The number of benzene rings is 1. The van der Waals surface area contributed by atoms with Crippen LogP contribution >= 0.6 is 11.6 Å². The number of rotatable bonds is 4. The van der Waals surface area contributed by atoms with Crippen LogP contribution in [0.1, 0.15) is 5.69 Å². The first-order valence-corrected chi connectivity index (χ1v) is 6.34. The summed E-state index contributed by atoms with van der Waals surface area (Å²) in [7, 11) is 0. The molecule has 0 bridgehead atoms. The van der Waals surface area contributed by atoms with E-state index in [9.17, 15) is 4.79 Å². The third-order valence-electron chi connectivity index (χ3n) is 2.57. The predicted molar refractivity (Wildman–Crippen MR) is 79.0 cm³/mol. The van der Waals surface area contributed by atoms with Gasteiger partial charge in [-0.1, -0.05) is 11.6 Å². The molecule has 0 aliphatic heterocycles. The Kier molecular flexibility index (Phi) is 4.42. The monoisotopic (exact) mass is 291 g/mol. The minimum Gasteiger partial charge on any atom is -0.484 e. The summed E-state index contributed by atoms with van der Waals surface area (Å²) in [5.74, 6) is 0.726. The number of anilines is 2. The summed E-state index contributed by atoms with van der Waals surface area (Å²) in [5, 5.41) is 3.33. The first-order chi connectivity index (χ1) is 9.54. The fourth-order valence-corrected chi connectivity index (χ4v) is 1.70. The molecule has 1 amide bonds. The van der Waals surface area contributed by atoms with Crippen molar-refractivity contribution < 1.29 is 9.53 Å². The molecule has 104 valence electrons. The summed E-state index contributed by atoms with van der Waals surface area (Å²) in [6, 6.07) is 10.1. The number of aryl methyl sites for hydroxylation is 1. The van der Waals surface area contributed by atoms with E-state index in [-0.39, 0.29) is 12.5 Å². The Morgan fingerprint density at radius 2 is 2.00 bits per heavy atom. The first kappa shape index (κ1) is 14.1. The molecule has 0 unspecified atom stereocenters. The van der Waals surface area contributed by atoms with Gasteiger partial charge in [-0.3, -0.25) is 4.79 Å². The molecule has 0 atom stereocenters. The molecule has 0 aliphatic carbocycles. The zero-order chi connectivity index (χ0) is 14.5. The van der Waals surface area contributed by atoms with Crippen LogP contribution in [0, 0.1) is 6.92 Å². The summed E-state index contributed by atoms with van der Waals surface area (Å²) < 4.78 is 5.34. The fraction of sp³-hybridized carbons (Fsp3) is 0.143. The fourth-order valence-electron chi connectivity index (χ4n) is 1.58. The average Bonchev–Trinajstić information content (AvgIpc) is 2.41. The molecule has 2 aromatic rings. The van der Waals surface area contributed by atoms with Gasteiger partial charge in [-0.05, 0) is 43.3 Å². The number of nitrogens with one attached hydrogen (secondary N) is 1. The lowest BCUT2D eigenvalue weighted by Crippen LogP contribution is -2.20. The van der Waals surface area contributed by atoms with Crippen LogP contribution in [-0.2, 0) is 4.79 Å². The molecule has 0 spiro atoms. The van der Waals surface area contributed by atoms with Crippen LogP contribution in [0.2, 0.25) is 5.02 Å². The lowest BCUT2D eigenvalue weighted by atomic mass is 10.3. The second-order valence-electron chi connectivity index (χ2n) is 4.16. The Morgan fingerprint density at radius 1 is 1.30 bits per heavy atom. The van der Waals surface area contributed by atoms with Crippen molar-refractivity contribution >= 4 is 29.0 Å². The Labute approximate surface area is 121 Å². The number of hydrogen-bond donors (Lipinski definition) is 2. The van der Waals surface area contributed by atoms with Crippen molar-refractivity contribution in [2.75, 3.05) is 17.7 Å². The highest BCUT2D eigenvalue weighted by molar-refractivity contribution is 6.30. The maximum atomic E-state index is 11.8. The number of hydrogen-bond acceptors (Lipinski definition) is 4. The zero-order valence-corrected chi connectivity index (χ0v) is 11.6. The van der Waals surface area contributed by atoms with E-state index in [4.69, 9.17) is 22.1 Å². The van der Waals surface area contributed by atoms with Gasteiger partial charge in [-0.25, -0.2) is 4.98 Å². The van der Waals surface area contributed by atoms with Crippen LogP contribution in [0.3, 0.4) is 0 Å². The molecule has 0 saturated heterocycles. The van der Waals surface area contributed by atoms with Crippen LogP contribution < -0.4 is 15.8 Å². The number of carbonyl (C=O) groups is 1. The number of aromatic nitrogens is 1. The van der Waals surface area contributed by atoms with Crippen molar-refractivity contribution in [3.8, 4) is 5.75 Å². The third kappa shape index (κ3) is 3.86. The summed E-state index contributed by atoms with van der Waals surface area (Å²) in [6.07, 6.45) is 0. The molecule has 5 nitrogen and oxygen atoms in total. The van der Waals surface area contributed by atoms with Crippen molar-refractivity contribution in [2.24, 2.45) is 0 Å². The van der Waals surface area contributed by atoms with E-state index in [1.54, 1.807) is 43.3 Å². The van der Waals surface area contributed by atoms with Gasteiger partial charge in [-0.15, -0.1) is 0 Å². The van der Waals surface area contributed by atoms with E-state index < -0.39 is 0 Å². The molecule has 1 heterocycles. The van der Waals surface area contributed by atoms with Gasteiger partial charge in [0.2, 0.25) is 0 Å². The minimum absolute atomic E-state index is 0.0918. The van der Waals surface area contributed by atoms with E-state index in [0.29, 0.717) is 28.0 Å². The number of amides is 1. The van der Waals surface area contributed by atoms with Crippen molar-refractivity contribution in [1.29, 1.82) is 0 Å². The maximum absolute atomic E-state index is 11.8. The molecule has 1 aromatic heterocycles. The van der Waals surface area contributed by atoms with E-state index in [1.807, 2.05) is 0 Å². The zero-order valence-electron chi connectivity index (χ0n) is 10.9. The average molecular weight is 292 g/mol. The maximum Gasteiger partial charge on any atom is 0.262 e. The summed E-state index contributed by atoms with van der Waals surface area (Å²) in [4.78, 5) is 15.8. The van der Waals surface area contributed by atoms with Gasteiger partial charge < -0.3 is 15.8 Å². The highest BCUT2D eigenvalue weighted by Gasteiger charge is 2.06. The Balaban J connectivity index is 1.90. The predicted octanol–water partition coefficient (Wildman–Crippen LogP) is 2.64. The Hall–Kier alpha value is -2.27. The third-order valence-corrected chi connectivity index (χ3v) is 2.82. The topological polar surface area (TPSA) is 77.2 Å². The summed E-state index contributed by atoms with van der Waals surface area (Å²) in [6.45, 7) is 1.68. The molecule has 20 heavy (non-hydrogen) atoms. The van der Waals surface area contributed by atoms with Gasteiger partial charge in [0.15, 0.2) is 6.61 Å². The largest absolute Gasteiger partial charge is 0.484 e. The van der Waals surface area contributed by atoms with E-state index >= 15 is 0 Å². The molecule has 0 fully saturated rings. The minimum atomic E-state index is -0.269. The van der Waals surface area contributed by atoms with E-state index in [1.165, 1.54) is 0 Å². The van der Waals surface area contributed by atoms with Gasteiger partial charge >= 0.3 is 0 Å². The van der Waals surface area contributed by atoms with Crippen molar-refractivity contribution in [3.63, 3.8) is 0 Å². The van der Waals surface area contributed by atoms with Gasteiger partial charge in [-0.2, -0.15) is 0 Å². The number of nitrogens with zero attached hydrogens (tertiary/aromatic N) is 1. The van der Waals surface area contributed by atoms with Crippen molar-refractivity contribution in [2.45, 2.75) is 6.92 Å². The second-order valence-corrected chi connectivity index (χ2v) is 4.60. The van der Waals surface area contributed by atoms with Gasteiger partial charge in [0.25, 0.3) is 5.91 Å². The molecule has 0 aliphatic rings. The van der Waals surface area contributed by atoms with Crippen LogP contribution in [0.4, 0.5) is 11.5 Å². The SMILES string of the molecule is Cc1nc(N)ccc1NC(=O)COc1ccc(Cl)cc1.